The van der Waals surface area contributed by atoms with Gasteiger partial charge in [0.25, 0.3) is 0 Å². The Kier molecular flexibility index (Phi) is 5.34. The van der Waals surface area contributed by atoms with Crippen LogP contribution < -0.4 is 0 Å². The molecule has 0 spiro atoms. The van der Waals surface area contributed by atoms with E-state index >= 15 is 0 Å². The van der Waals surface area contributed by atoms with Crippen molar-refractivity contribution in [2.75, 3.05) is 13.0 Å². The molecule has 2 atom stereocenters. The summed E-state index contributed by atoms with van der Waals surface area (Å²) in [5.74, 6) is -0.441. The van der Waals surface area contributed by atoms with Crippen LogP contribution in [0.15, 0.2) is 18.3 Å². The third kappa shape index (κ3) is 3.39. The number of hydrogen-bond acceptors (Lipinski definition) is 5. The van der Waals surface area contributed by atoms with Crippen LogP contribution in [0, 0.1) is 0 Å². The number of carbonyl (C=O) groups excluding carboxylic acids is 1. The third-order valence-electron chi connectivity index (χ3n) is 2.31. The number of aliphatic hydroxyl groups is 2. The quantitative estimate of drug-likeness (QED) is 0.606. The summed E-state index contributed by atoms with van der Waals surface area (Å²) in [6.45, 7) is 0. The fraction of sp³-hybridized carbons (Fsp3) is 0.455. The molecule has 1 aromatic heterocycles. The lowest BCUT2D eigenvalue weighted by atomic mass is 10.0. The third-order valence-corrected chi connectivity index (χ3v) is 2.52. The number of pyridine rings is 1. The van der Waals surface area contributed by atoms with E-state index in [2.05, 4.69) is 9.72 Å². The minimum atomic E-state index is -1.21. The molecule has 0 amide bonds. The van der Waals surface area contributed by atoms with Gasteiger partial charge in [0, 0.05) is 17.6 Å². The molecule has 0 aliphatic heterocycles. The van der Waals surface area contributed by atoms with Crippen molar-refractivity contribution in [3.8, 4) is 0 Å². The van der Waals surface area contributed by atoms with E-state index in [4.69, 9.17) is 11.6 Å². The predicted molar refractivity (Wildman–Crippen MR) is 61.9 cm³/mol. The van der Waals surface area contributed by atoms with Gasteiger partial charge >= 0.3 is 5.97 Å². The highest BCUT2D eigenvalue weighted by atomic mass is 35.5. The van der Waals surface area contributed by atoms with Gasteiger partial charge in [-0.2, -0.15) is 0 Å². The number of rotatable bonds is 5. The van der Waals surface area contributed by atoms with Gasteiger partial charge in [-0.1, -0.05) is 6.07 Å². The molecule has 5 nitrogen and oxygen atoms in total. The molecule has 2 N–H and O–H groups in total. The summed E-state index contributed by atoms with van der Waals surface area (Å²) in [6.07, 6.45) is -0.620. The molecule has 17 heavy (non-hydrogen) atoms. The lowest BCUT2D eigenvalue weighted by Gasteiger charge is -2.18. The predicted octanol–water partition coefficient (Wildman–Crippen LogP) is 0.891. The highest BCUT2D eigenvalue weighted by Gasteiger charge is 2.24. The summed E-state index contributed by atoms with van der Waals surface area (Å²) >= 11 is 5.48. The van der Waals surface area contributed by atoms with E-state index in [1.165, 1.54) is 19.4 Å². The molecule has 2 unspecified atom stereocenters. The summed E-state index contributed by atoms with van der Waals surface area (Å²) in [4.78, 5) is 15.3. The number of aromatic nitrogens is 1. The van der Waals surface area contributed by atoms with Crippen molar-refractivity contribution >= 4 is 17.6 Å². The van der Waals surface area contributed by atoms with Crippen molar-refractivity contribution in [2.24, 2.45) is 0 Å². The molecule has 0 saturated heterocycles. The lowest BCUT2D eigenvalue weighted by molar-refractivity contribution is 0.0154. The van der Waals surface area contributed by atoms with Gasteiger partial charge in [-0.3, -0.25) is 0 Å². The zero-order valence-electron chi connectivity index (χ0n) is 9.34. The first-order valence-electron chi connectivity index (χ1n) is 5.07. The van der Waals surface area contributed by atoms with Crippen LogP contribution >= 0.6 is 11.6 Å². The lowest BCUT2D eigenvalue weighted by Crippen LogP contribution is -2.22. The molecule has 0 saturated carbocycles. The summed E-state index contributed by atoms with van der Waals surface area (Å²) < 4.78 is 4.55. The fourth-order valence-electron chi connectivity index (χ4n) is 1.40. The van der Waals surface area contributed by atoms with Crippen molar-refractivity contribution < 1.29 is 19.7 Å². The van der Waals surface area contributed by atoms with Gasteiger partial charge in [-0.15, -0.1) is 11.6 Å². The number of hydrogen-bond donors (Lipinski definition) is 2. The highest BCUT2D eigenvalue weighted by Crippen LogP contribution is 2.22. The molecule has 0 aliphatic carbocycles. The largest absolute Gasteiger partial charge is 0.464 e. The van der Waals surface area contributed by atoms with E-state index in [0.29, 0.717) is 0 Å². The van der Waals surface area contributed by atoms with E-state index in [9.17, 15) is 15.0 Å². The minimum absolute atomic E-state index is 0.00359. The Bertz CT molecular complexity index is 385. The number of aliphatic hydroxyl groups excluding tert-OH is 2. The number of nitrogens with zero attached hydrogens (tertiary/aromatic N) is 1. The average Bonchev–Trinajstić information content (AvgIpc) is 2.37. The summed E-state index contributed by atoms with van der Waals surface area (Å²) in [7, 11) is 1.22. The monoisotopic (exact) mass is 259 g/mol. The number of carbonyl (C=O) groups is 1. The Hall–Kier alpha value is -1.17. The summed E-state index contributed by atoms with van der Waals surface area (Å²) in [5, 5.41) is 19.5. The van der Waals surface area contributed by atoms with E-state index in [-0.39, 0.29) is 23.6 Å². The van der Waals surface area contributed by atoms with E-state index in [1.54, 1.807) is 6.07 Å². The molecule has 1 rings (SSSR count). The number of halogens is 1. The summed E-state index contributed by atoms with van der Waals surface area (Å²) in [5.41, 5.74) is 0.230. The van der Waals surface area contributed by atoms with Crippen LogP contribution in [-0.4, -0.2) is 40.3 Å². The molecule has 0 aliphatic rings. The van der Waals surface area contributed by atoms with Crippen molar-refractivity contribution in [3.05, 3.63) is 29.6 Å². The van der Waals surface area contributed by atoms with Crippen LogP contribution in [-0.2, 0) is 4.74 Å². The Morgan fingerprint density at radius 3 is 2.88 bits per heavy atom. The minimum Gasteiger partial charge on any atom is -0.464 e. The van der Waals surface area contributed by atoms with Gasteiger partial charge in [0.15, 0.2) is 5.69 Å². The number of ether oxygens (including phenoxy) is 1. The molecule has 1 heterocycles. The first kappa shape index (κ1) is 13.9. The molecule has 0 bridgehead atoms. The van der Waals surface area contributed by atoms with Crippen LogP contribution in [0.5, 0.6) is 0 Å². The van der Waals surface area contributed by atoms with Crippen LogP contribution in [0.2, 0.25) is 0 Å². The normalized spacial score (nSPS) is 14.1. The van der Waals surface area contributed by atoms with Crippen LogP contribution in [0.4, 0.5) is 0 Å². The Balaban J connectivity index is 3.00. The first-order chi connectivity index (χ1) is 8.11. The van der Waals surface area contributed by atoms with Gasteiger partial charge in [-0.25, -0.2) is 9.78 Å². The zero-order chi connectivity index (χ0) is 12.8. The number of methoxy groups -OCH3 is 1. The Labute approximate surface area is 104 Å². The second-order valence-electron chi connectivity index (χ2n) is 3.42. The average molecular weight is 260 g/mol. The van der Waals surface area contributed by atoms with Crippen molar-refractivity contribution in [3.63, 3.8) is 0 Å². The second-order valence-corrected chi connectivity index (χ2v) is 3.80. The van der Waals surface area contributed by atoms with Crippen LogP contribution in [0.25, 0.3) is 0 Å². The Morgan fingerprint density at radius 1 is 1.59 bits per heavy atom. The maximum absolute atomic E-state index is 11.4. The number of esters is 1. The second kappa shape index (κ2) is 6.54. The van der Waals surface area contributed by atoms with Crippen molar-refractivity contribution in [1.29, 1.82) is 0 Å². The van der Waals surface area contributed by atoms with Gasteiger partial charge in [0.1, 0.15) is 6.10 Å². The topological polar surface area (TPSA) is 79.7 Å². The Morgan fingerprint density at radius 2 is 2.29 bits per heavy atom. The van der Waals surface area contributed by atoms with Crippen LogP contribution in [0.1, 0.15) is 28.6 Å². The molecule has 94 valence electrons. The standard InChI is InChI=1S/C11H14ClNO4/c1-17-11(16)9-7(3-2-6-13-9)10(15)8(14)4-5-12/h2-3,6,8,10,14-15H,4-5H2,1H3. The smallest absolute Gasteiger partial charge is 0.357 e. The van der Waals surface area contributed by atoms with E-state index < -0.39 is 18.2 Å². The van der Waals surface area contributed by atoms with E-state index in [1.807, 2.05) is 0 Å². The van der Waals surface area contributed by atoms with Gasteiger partial charge in [-0.05, 0) is 12.5 Å². The first-order valence-corrected chi connectivity index (χ1v) is 5.60. The molecule has 0 fully saturated rings. The molecule has 0 radical (unpaired) electrons. The number of alkyl halides is 1. The highest BCUT2D eigenvalue weighted by molar-refractivity contribution is 6.17. The maximum atomic E-state index is 11.4. The SMILES string of the molecule is COC(=O)c1ncccc1C(O)C(O)CCCl. The van der Waals surface area contributed by atoms with Crippen LogP contribution in [0.3, 0.4) is 0 Å². The van der Waals surface area contributed by atoms with Crippen molar-refractivity contribution in [1.82, 2.24) is 4.98 Å². The van der Waals surface area contributed by atoms with Gasteiger partial charge < -0.3 is 14.9 Å². The molecular formula is C11H14ClNO4. The fourth-order valence-corrected chi connectivity index (χ4v) is 1.62. The van der Waals surface area contributed by atoms with Gasteiger partial charge in [0.05, 0.1) is 13.2 Å². The van der Waals surface area contributed by atoms with Crippen molar-refractivity contribution in [2.45, 2.75) is 18.6 Å². The zero-order valence-corrected chi connectivity index (χ0v) is 10.1. The van der Waals surface area contributed by atoms with E-state index in [0.717, 1.165) is 0 Å². The maximum Gasteiger partial charge on any atom is 0.357 e. The molecule has 0 aromatic carbocycles. The summed E-state index contributed by atoms with van der Waals surface area (Å²) in [6, 6.07) is 3.08. The van der Waals surface area contributed by atoms with Gasteiger partial charge in [0.2, 0.25) is 0 Å². The molecular weight excluding hydrogens is 246 g/mol. The molecule has 1 aromatic rings. The molecule has 6 heteroatoms.